The maximum Gasteiger partial charge on any atom is 0.250 e. The first-order valence-electron chi connectivity index (χ1n) is 5.85. The molecule has 104 valence electrons. The molecule has 2 N–H and O–H groups in total. The second-order valence-electron chi connectivity index (χ2n) is 4.08. The Balaban J connectivity index is 2.60. The maximum absolute atomic E-state index is 11.9. The Morgan fingerprint density at radius 2 is 2.17 bits per heavy atom. The number of nitrogens with one attached hydrogen (secondary N) is 1. The summed E-state index contributed by atoms with van der Waals surface area (Å²) in [4.78, 5) is 0. The molecule has 0 amide bonds. The van der Waals surface area contributed by atoms with E-state index in [1.807, 2.05) is 6.92 Å². The monoisotopic (exact) mass is 311 g/mol. The van der Waals surface area contributed by atoms with E-state index in [0.29, 0.717) is 17.3 Å². The Kier molecular flexibility index (Phi) is 6.59. The molecule has 1 aromatic rings. The van der Waals surface area contributed by atoms with Crippen LogP contribution in [0.3, 0.4) is 0 Å². The molecule has 1 aromatic heterocycles. The Labute approximate surface area is 117 Å². The minimum Gasteiger partial charge on any atom is -0.396 e. The lowest BCUT2D eigenvalue weighted by Crippen LogP contribution is -2.29. The predicted molar refractivity (Wildman–Crippen MR) is 74.6 cm³/mol. The van der Waals surface area contributed by atoms with E-state index in [0.717, 1.165) is 24.2 Å². The number of hydrogen-bond donors (Lipinski definition) is 2. The molecular weight excluding hydrogens is 294 g/mol. The van der Waals surface area contributed by atoms with Crippen LogP contribution in [0.15, 0.2) is 16.3 Å². The summed E-state index contributed by atoms with van der Waals surface area (Å²) < 4.78 is 27.1. The van der Waals surface area contributed by atoms with Gasteiger partial charge in [0.25, 0.3) is 0 Å². The first-order valence-corrected chi connectivity index (χ1v) is 8.53. The van der Waals surface area contributed by atoms with Crippen LogP contribution in [-0.4, -0.2) is 26.7 Å². The van der Waals surface area contributed by atoms with Gasteiger partial charge in [-0.15, -0.1) is 11.3 Å². The normalized spacial score (nSPS) is 13.7. The fourth-order valence-electron chi connectivity index (χ4n) is 1.68. The van der Waals surface area contributed by atoms with Crippen molar-refractivity contribution in [2.45, 2.75) is 30.4 Å². The number of rotatable bonds is 8. The quantitative estimate of drug-likeness (QED) is 0.775. The van der Waals surface area contributed by atoms with Crippen molar-refractivity contribution in [3.8, 4) is 0 Å². The van der Waals surface area contributed by atoms with Gasteiger partial charge < -0.3 is 5.11 Å². The SMILES string of the molecule is CCCC(CCO)CNS(=O)(=O)c1ccc(Cl)s1. The highest BCUT2D eigenvalue weighted by atomic mass is 35.5. The molecule has 0 aromatic carbocycles. The van der Waals surface area contributed by atoms with Crippen LogP contribution in [0.25, 0.3) is 0 Å². The third kappa shape index (κ3) is 4.85. The molecular formula is C11H18ClNO3S2. The van der Waals surface area contributed by atoms with Crippen molar-refractivity contribution < 1.29 is 13.5 Å². The molecule has 18 heavy (non-hydrogen) atoms. The molecule has 4 nitrogen and oxygen atoms in total. The minimum atomic E-state index is -3.47. The van der Waals surface area contributed by atoms with Gasteiger partial charge in [-0.3, -0.25) is 0 Å². The van der Waals surface area contributed by atoms with E-state index >= 15 is 0 Å². The molecule has 0 bridgehead atoms. The molecule has 0 saturated heterocycles. The molecule has 1 atom stereocenters. The van der Waals surface area contributed by atoms with Gasteiger partial charge in [-0.05, 0) is 30.9 Å². The fourth-order valence-corrected chi connectivity index (χ4v) is 4.32. The maximum atomic E-state index is 11.9. The average molecular weight is 312 g/mol. The van der Waals surface area contributed by atoms with Gasteiger partial charge in [0.1, 0.15) is 4.21 Å². The van der Waals surface area contributed by atoms with Crippen LogP contribution in [0, 0.1) is 5.92 Å². The molecule has 0 aliphatic heterocycles. The second-order valence-corrected chi connectivity index (χ2v) is 7.79. The van der Waals surface area contributed by atoms with Crippen molar-refractivity contribution in [3.05, 3.63) is 16.5 Å². The summed E-state index contributed by atoms with van der Waals surface area (Å²) in [6.45, 7) is 2.47. The van der Waals surface area contributed by atoms with Gasteiger partial charge in [0.15, 0.2) is 0 Å². The van der Waals surface area contributed by atoms with Crippen molar-refractivity contribution in [3.63, 3.8) is 0 Å². The first-order chi connectivity index (χ1) is 8.49. The summed E-state index contributed by atoms with van der Waals surface area (Å²) in [7, 11) is -3.47. The third-order valence-corrected chi connectivity index (χ3v) is 5.76. The van der Waals surface area contributed by atoms with Crippen molar-refractivity contribution in [2.24, 2.45) is 5.92 Å². The molecule has 1 rings (SSSR count). The number of aliphatic hydroxyl groups excluding tert-OH is 1. The fraction of sp³-hybridized carbons (Fsp3) is 0.636. The van der Waals surface area contributed by atoms with Crippen molar-refractivity contribution >= 4 is 33.0 Å². The van der Waals surface area contributed by atoms with Gasteiger partial charge in [0.05, 0.1) is 4.34 Å². The number of sulfonamides is 1. The molecule has 0 aliphatic rings. The van der Waals surface area contributed by atoms with Crippen LogP contribution in [0.2, 0.25) is 4.34 Å². The summed E-state index contributed by atoms with van der Waals surface area (Å²) >= 11 is 6.76. The first kappa shape index (κ1) is 15.9. The van der Waals surface area contributed by atoms with Crippen LogP contribution in [-0.2, 0) is 10.0 Å². The van der Waals surface area contributed by atoms with E-state index in [2.05, 4.69) is 4.72 Å². The van der Waals surface area contributed by atoms with Crippen molar-refractivity contribution in [2.75, 3.05) is 13.2 Å². The van der Waals surface area contributed by atoms with Gasteiger partial charge >= 0.3 is 0 Å². The molecule has 1 unspecified atom stereocenters. The highest BCUT2D eigenvalue weighted by Crippen LogP contribution is 2.25. The van der Waals surface area contributed by atoms with Gasteiger partial charge in [-0.1, -0.05) is 24.9 Å². The predicted octanol–water partition coefficient (Wildman–Crippen LogP) is 2.48. The van der Waals surface area contributed by atoms with Gasteiger partial charge in [0, 0.05) is 13.2 Å². The highest BCUT2D eigenvalue weighted by molar-refractivity contribution is 7.91. The molecule has 7 heteroatoms. The average Bonchev–Trinajstić information content (AvgIpc) is 2.74. The van der Waals surface area contributed by atoms with Crippen LogP contribution < -0.4 is 4.72 Å². The number of aliphatic hydroxyl groups is 1. The summed E-state index contributed by atoms with van der Waals surface area (Å²) in [5.41, 5.74) is 0. The topological polar surface area (TPSA) is 66.4 Å². The zero-order valence-corrected chi connectivity index (χ0v) is 12.6. The molecule has 0 saturated carbocycles. The van der Waals surface area contributed by atoms with Crippen LogP contribution in [0.1, 0.15) is 26.2 Å². The molecule has 0 radical (unpaired) electrons. The van der Waals surface area contributed by atoms with E-state index < -0.39 is 10.0 Å². The number of thiophene rings is 1. The Bertz CT molecular complexity index is 453. The Morgan fingerprint density at radius 3 is 2.67 bits per heavy atom. The van der Waals surface area contributed by atoms with Crippen LogP contribution >= 0.6 is 22.9 Å². The molecule has 0 aliphatic carbocycles. The van der Waals surface area contributed by atoms with E-state index in [4.69, 9.17) is 16.7 Å². The van der Waals surface area contributed by atoms with Gasteiger partial charge in [0.2, 0.25) is 10.0 Å². The largest absolute Gasteiger partial charge is 0.396 e. The van der Waals surface area contributed by atoms with E-state index in [1.54, 1.807) is 6.07 Å². The third-order valence-electron chi connectivity index (χ3n) is 2.61. The summed E-state index contributed by atoms with van der Waals surface area (Å²) in [6.07, 6.45) is 2.48. The lowest BCUT2D eigenvalue weighted by atomic mass is 10.0. The number of halogens is 1. The Hall–Kier alpha value is -0.140. The lowest BCUT2D eigenvalue weighted by molar-refractivity contribution is 0.251. The van der Waals surface area contributed by atoms with Crippen molar-refractivity contribution in [1.82, 2.24) is 4.72 Å². The van der Waals surface area contributed by atoms with Crippen molar-refractivity contribution in [1.29, 1.82) is 0 Å². The van der Waals surface area contributed by atoms with E-state index in [1.165, 1.54) is 6.07 Å². The molecule has 0 fully saturated rings. The van der Waals surface area contributed by atoms with Gasteiger partial charge in [-0.2, -0.15) is 0 Å². The zero-order chi connectivity index (χ0) is 13.6. The summed E-state index contributed by atoms with van der Waals surface area (Å²) in [5, 5.41) is 8.92. The minimum absolute atomic E-state index is 0.0806. The smallest absolute Gasteiger partial charge is 0.250 e. The van der Waals surface area contributed by atoms with E-state index in [-0.39, 0.29) is 16.7 Å². The van der Waals surface area contributed by atoms with Crippen LogP contribution in [0.5, 0.6) is 0 Å². The number of hydrogen-bond acceptors (Lipinski definition) is 4. The van der Waals surface area contributed by atoms with E-state index in [9.17, 15) is 8.42 Å². The standard InChI is InChI=1S/C11H18ClNO3S2/c1-2-3-9(6-7-14)8-13-18(15,16)11-5-4-10(12)17-11/h4-5,9,13-14H,2-3,6-8H2,1H3. The summed E-state index contributed by atoms with van der Waals surface area (Å²) in [5.74, 6) is 0.171. The lowest BCUT2D eigenvalue weighted by Gasteiger charge is -2.15. The molecule has 1 heterocycles. The van der Waals surface area contributed by atoms with Gasteiger partial charge in [-0.25, -0.2) is 13.1 Å². The van der Waals surface area contributed by atoms with Crippen LogP contribution in [0.4, 0.5) is 0 Å². The Morgan fingerprint density at radius 1 is 1.44 bits per heavy atom. The zero-order valence-electron chi connectivity index (χ0n) is 10.2. The summed E-state index contributed by atoms with van der Waals surface area (Å²) in [6, 6.07) is 3.06. The second kappa shape index (κ2) is 7.45. The highest BCUT2D eigenvalue weighted by Gasteiger charge is 2.18. The molecule has 0 spiro atoms.